The molecule has 2 rings (SSSR count). The first-order chi connectivity index (χ1) is 12.4. The highest BCUT2D eigenvalue weighted by molar-refractivity contribution is 5.97. The summed E-state index contributed by atoms with van der Waals surface area (Å²) in [4.78, 5) is 25.4. The first-order valence-electron chi connectivity index (χ1n) is 9.69. The average molecular weight is 360 g/mol. The van der Waals surface area contributed by atoms with E-state index in [0.717, 1.165) is 37.9 Å². The predicted octanol–water partition coefficient (Wildman–Crippen LogP) is 3.99. The lowest BCUT2D eigenvalue weighted by molar-refractivity contribution is -0.131. The maximum absolute atomic E-state index is 12.8. The van der Waals surface area contributed by atoms with Crippen molar-refractivity contribution in [2.45, 2.75) is 58.9 Å². The summed E-state index contributed by atoms with van der Waals surface area (Å²) in [6, 6.07) is 6.68. The number of benzene rings is 1. The van der Waals surface area contributed by atoms with E-state index in [-0.39, 0.29) is 23.7 Å². The van der Waals surface area contributed by atoms with Crippen LogP contribution in [0.5, 0.6) is 5.75 Å². The molecule has 26 heavy (non-hydrogen) atoms. The van der Waals surface area contributed by atoms with Crippen LogP contribution in [0.4, 0.5) is 5.69 Å². The Morgan fingerprint density at radius 2 is 1.77 bits per heavy atom. The molecule has 0 aliphatic heterocycles. The number of ether oxygens (including phenoxy) is 1. The highest BCUT2D eigenvalue weighted by Crippen LogP contribution is 2.28. The molecule has 0 radical (unpaired) electrons. The molecule has 0 aromatic heterocycles. The van der Waals surface area contributed by atoms with Gasteiger partial charge >= 0.3 is 0 Å². The normalized spacial score (nSPS) is 22.2. The number of anilines is 1. The molecular weight excluding hydrogens is 328 g/mol. The molecular formula is C21H32N2O3. The molecule has 1 aromatic carbocycles. The van der Waals surface area contributed by atoms with Gasteiger partial charge in [-0.25, -0.2) is 0 Å². The van der Waals surface area contributed by atoms with Gasteiger partial charge in [0.1, 0.15) is 11.8 Å². The Kier molecular flexibility index (Phi) is 7.49. The molecule has 144 valence electrons. The van der Waals surface area contributed by atoms with E-state index in [1.54, 1.807) is 31.4 Å². The first kappa shape index (κ1) is 20.3. The van der Waals surface area contributed by atoms with E-state index in [4.69, 9.17) is 4.74 Å². The summed E-state index contributed by atoms with van der Waals surface area (Å²) in [5.74, 6) is 1.39. The number of amides is 2. The second-order valence-corrected chi connectivity index (χ2v) is 7.55. The van der Waals surface area contributed by atoms with Crippen molar-refractivity contribution in [1.82, 2.24) is 5.32 Å². The van der Waals surface area contributed by atoms with Gasteiger partial charge in [0, 0.05) is 11.6 Å². The fourth-order valence-electron chi connectivity index (χ4n) is 3.39. The molecule has 1 aliphatic rings. The molecule has 1 saturated carbocycles. The highest BCUT2D eigenvalue weighted by Gasteiger charge is 2.30. The Balaban J connectivity index is 2.00. The van der Waals surface area contributed by atoms with Crippen molar-refractivity contribution < 1.29 is 14.3 Å². The van der Waals surface area contributed by atoms with Gasteiger partial charge in [-0.3, -0.25) is 9.59 Å². The molecule has 0 heterocycles. The zero-order chi connectivity index (χ0) is 19.1. The third kappa shape index (κ3) is 5.48. The summed E-state index contributed by atoms with van der Waals surface area (Å²) >= 11 is 0. The molecule has 2 amide bonds. The second kappa shape index (κ2) is 9.60. The Morgan fingerprint density at radius 1 is 1.15 bits per heavy atom. The monoisotopic (exact) mass is 360 g/mol. The molecule has 5 nitrogen and oxygen atoms in total. The summed E-state index contributed by atoms with van der Waals surface area (Å²) in [7, 11) is 1.61. The third-order valence-corrected chi connectivity index (χ3v) is 5.54. The highest BCUT2D eigenvalue weighted by atomic mass is 16.5. The van der Waals surface area contributed by atoms with E-state index in [1.165, 1.54) is 0 Å². The Bertz CT molecular complexity index is 592. The Labute approximate surface area is 156 Å². The van der Waals surface area contributed by atoms with Crippen LogP contribution in [0, 0.1) is 17.8 Å². The standard InChI is InChI=1S/C21H32N2O3/c1-5-15(3)19(23-20(24)16-8-6-14(2)7-9-16)21(25)22-17-10-12-18(26-4)13-11-17/h10-16,19H,5-9H2,1-4H3,(H,22,25)(H,23,24)/t14?,15-,16?,19-/m0/s1. The van der Waals surface area contributed by atoms with Crippen molar-refractivity contribution >= 4 is 17.5 Å². The number of carbonyl (C=O) groups is 2. The van der Waals surface area contributed by atoms with Crippen LogP contribution in [0.2, 0.25) is 0 Å². The van der Waals surface area contributed by atoms with E-state index in [2.05, 4.69) is 17.6 Å². The van der Waals surface area contributed by atoms with E-state index in [0.29, 0.717) is 11.6 Å². The van der Waals surface area contributed by atoms with Crippen molar-refractivity contribution in [1.29, 1.82) is 0 Å². The molecule has 5 heteroatoms. The van der Waals surface area contributed by atoms with E-state index in [1.807, 2.05) is 13.8 Å². The van der Waals surface area contributed by atoms with Gasteiger partial charge in [-0.15, -0.1) is 0 Å². The largest absolute Gasteiger partial charge is 0.497 e. The molecule has 1 fully saturated rings. The quantitative estimate of drug-likeness (QED) is 0.772. The molecule has 0 saturated heterocycles. The van der Waals surface area contributed by atoms with Gasteiger partial charge in [0.25, 0.3) is 0 Å². The van der Waals surface area contributed by atoms with Gasteiger partial charge in [-0.05, 0) is 61.8 Å². The van der Waals surface area contributed by atoms with Crippen LogP contribution in [0.1, 0.15) is 52.9 Å². The van der Waals surface area contributed by atoms with Gasteiger partial charge in [-0.1, -0.05) is 27.2 Å². The summed E-state index contributed by atoms with van der Waals surface area (Å²) in [5, 5.41) is 5.93. The van der Waals surface area contributed by atoms with Gasteiger partial charge in [-0.2, -0.15) is 0 Å². The average Bonchev–Trinajstić information content (AvgIpc) is 2.66. The Hall–Kier alpha value is -2.04. The molecule has 1 aliphatic carbocycles. The van der Waals surface area contributed by atoms with Crippen molar-refractivity contribution in [2.24, 2.45) is 17.8 Å². The maximum atomic E-state index is 12.8. The van der Waals surface area contributed by atoms with E-state index < -0.39 is 6.04 Å². The molecule has 2 atom stereocenters. The maximum Gasteiger partial charge on any atom is 0.247 e. The number of hydrogen-bond donors (Lipinski definition) is 2. The van der Waals surface area contributed by atoms with E-state index in [9.17, 15) is 9.59 Å². The van der Waals surface area contributed by atoms with Gasteiger partial charge in [0.05, 0.1) is 7.11 Å². The second-order valence-electron chi connectivity index (χ2n) is 7.55. The summed E-state index contributed by atoms with van der Waals surface area (Å²) in [5.41, 5.74) is 0.699. The fourth-order valence-corrected chi connectivity index (χ4v) is 3.39. The zero-order valence-corrected chi connectivity index (χ0v) is 16.4. The van der Waals surface area contributed by atoms with Gasteiger partial charge < -0.3 is 15.4 Å². The minimum atomic E-state index is -0.519. The van der Waals surface area contributed by atoms with Crippen LogP contribution >= 0.6 is 0 Å². The van der Waals surface area contributed by atoms with Crippen molar-refractivity contribution in [3.63, 3.8) is 0 Å². The lowest BCUT2D eigenvalue weighted by Crippen LogP contribution is -2.49. The summed E-state index contributed by atoms with van der Waals surface area (Å²) in [6.45, 7) is 6.27. The number of nitrogens with one attached hydrogen (secondary N) is 2. The summed E-state index contributed by atoms with van der Waals surface area (Å²) in [6.07, 6.45) is 4.83. The molecule has 1 aromatic rings. The number of hydrogen-bond acceptors (Lipinski definition) is 3. The SMILES string of the molecule is CC[C@H](C)[C@H](NC(=O)C1CCC(C)CC1)C(=O)Nc1ccc(OC)cc1. The molecule has 0 bridgehead atoms. The fraction of sp³-hybridized carbons (Fsp3) is 0.619. The zero-order valence-electron chi connectivity index (χ0n) is 16.4. The lowest BCUT2D eigenvalue weighted by atomic mass is 9.82. The van der Waals surface area contributed by atoms with Crippen molar-refractivity contribution in [3.8, 4) is 5.75 Å². The first-order valence-corrected chi connectivity index (χ1v) is 9.69. The topological polar surface area (TPSA) is 67.4 Å². The van der Waals surface area contributed by atoms with Crippen LogP contribution in [0.25, 0.3) is 0 Å². The van der Waals surface area contributed by atoms with E-state index >= 15 is 0 Å². The number of rotatable bonds is 7. The minimum absolute atomic E-state index is 0.0204. The Morgan fingerprint density at radius 3 is 2.31 bits per heavy atom. The summed E-state index contributed by atoms with van der Waals surface area (Å²) < 4.78 is 5.13. The van der Waals surface area contributed by atoms with Crippen LogP contribution in [-0.4, -0.2) is 25.0 Å². The molecule has 0 unspecified atom stereocenters. The lowest BCUT2D eigenvalue weighted by Gasteiger charge is -2.29. The van der Waals surface area contributed by atoms with Crippen LogP contribution in [0.3, 0.4) is 0 Å². The smallest absolute Gasteiger partial charge is 0.247 e. The number of carbonyl (C=O) groups excluding carboxylic acids is 2. The predicted molar refractivity (Wildman–Crippen MR) is 104 cm³/mol. The van der Waals surface area contributed by atoms with Gasteiger partial charge in [0.2, 0.25) is 11.8 Å². The van der Waals surface area contributed by atoms with Crippen molar-refractivity contribution in [2.75, 3.05) is 12.4 Å². The van der Waals surface area contributed by atoms with Gasteiger partial charge in [0.15, 0.2) is 0 Å². The van der Waals surface area contributed by atoms with Crippen LogP contribution < -0.4 is 15.4 Å². The third-order valence-electron chi connectivity index (χ3n) is 5.54. The van der Waals surface area contributed by atoms with Crippen LogP contribution in [-0.2, 0) is 9.59 Å². The minimum Gasteiger partial charge on any atom is -0.497 e. The molecule has 0 spiro atoms. The number of methoxy groups -OCH3 is 1. The van der Waals surface area contributed by atoms with Crippen molar-refractivity contribution in [3.05, 3.63) is 24.3 Å². The van der Waals surface area contributed by atoms with Crippen LogP contribution in [0.15, 0.2) is 24.3 Å². The molecule has 2 N–H and O–H groups in total.